The van der Waals surface area contributed by atoms with E-state index in [0.29, 0.717) is 22.1 Å². The van der Waals surface area contributed by atoms with Crippen LogP contribution in [0.15, 0.2) is 41.6 Å². The highest BCUT2D eigenvalue weighted by Crippen LogP contribution is 2.24. The Balaban J connectivity index is 2.03. The van der Waals surface area contributed by atoms with Crippen LogP contribution in [0.1, 0.15) is 15.9 Å². The Hall–Kier alpha value is -2.08. The van der Waals surface area contributed by atoms with Gasteiger partial charge in [0.25, 0.3) is 0 Å². The van der Waals surface area contributed by atoms with Gasteiger partial charge >= 0.3 is 5.97 Å². The first-order valence-corrected chi connectivity index (χ1v) is 6.73. The summed E-state index contributed by atoms with van der Waals surface area (Å²) in [5.41, 5.74) is 0.671. The number of nitrogens with zero attached hydrogens (tertiary/aromatic N) is 1. The van der Waals surface area contributed by atoms with Crippen LogP contribution in [-0.2, 0) is 5.75 Å². The number of methoxy groups -OCH3 is 1. The molecule has 1 aromatic carbocycles. The zero-order chi connectivity index (χ0) is 14.5. The smallest absolute Gasteiger partial charge is 0.337 e. The molecule has 104 valence electrons. The fourth-order valence-corrected chi connectivity index (χ4v) is 2.34. The number of aromatic nitrogens is 1. The summed E-state index contributed by atoms with van der Waals surface area (Å²) in [6.45, 7) is 0. The van der Waals surface area contributed by atoms with Gasteiger partial charge in [0.15, 0.2) is 0 Å². The van der Waals surface area contributed by atoms with Gasteiger partial charge in [-0.1, -0.05) is 6.07 Å². The first kappa shape index (κ1) is 14.3. The molecule has 0 spiro atoms. The molecular formula is C14H12FNO3S. The standard InChI is InChI=1S/C14H12FNO3S/c1-19-11-4-2-10(12(15)6-11)8-20-13-5-3-9(7-16-13)14(17)18/h2-7H,8H2,1H3,(H,17,18). The molecule has 0 unspecified atom stereocenters. The van der Waals surface area contributed by atoms with Gasteiger partial charge in [0.2, 0.25) is 0 Å². The van der Waals surface area contributed by atoms with E-state index in [0.717, 1.165) is 0 Å². The fourth-order valence-electron chi connectivity index (χ4n) is 1.52. The highest BCUT2D eigenvalue weighted by atomic mass is 32.2. The topological polar surface area (TPSA) is 59.4 Å². The minimum absolute atomic E-state index is 0.130. The Kier molecular flexibility index (Phi) is 4.57. The highest BCUT2D eigenvalue weighted by Gasteiger charge is 2.07. The third-order valence-electron chi connectivity index (χ3n) is 2.62. The van der Waals surface area contributed by atoms with E-state index in [9.17, 15) is 9.18 Å². The van der Waals surface area contributed by atoms with Gasteiger partial charge in [0.05, 0.1) is 17.7 Å². The number of aromatic carboxylic acids is 1. The Morgan fingerprint density at radius 3 is 2.75 bits per heavy atom. The van der Waals surface area contributed by atoms with Crippen molar-refractivity contribution in [1.29, 1.82) is 0 Å². The lowest BCUT2D eigenvalue weighted by molar-refractivity contribution is 0.0696. The van der Waals surface area contributed by atoms with E-state index < -0.39 is 5.97 Å². The number of rotatable bonds is 5. The third-order valence-corrected chi connectivity index (χ3v) is 3.61. The summed E-state index contributed by atoms with van der Waals surface area (Å²) < 4.78 is 18.7. The maximum atomic E-state index is 13.7. The number of hydrogen-bond donors (Lipinski definition) is 1. The molecule has 1 heterocycles. The average molecular weight is 293 g/mol. The van der Waals surface area contributed by atoms with Gasteiger partial charge < -0.3 is 9.84 Å². The summed E-state index contributed by atoms with van der Waals surface area (Å²) in [6, 6.07) is 7.77. The lowest BCUT2D eigenvalue weighted by Crippen LogP contribution is -1.97. The van der Waals surface area contributed by atoms with Crippen LogP contribution in [0.4, 0.5) is 4.39 Å². The lowest BCUT2D eigenvalue weighted by atomic mass is 10.2. The van der Waals surface area contributed by atoms with Crippen molar-refractivity contribution in [2.75, 3.05) is 7.11 Å². The van der Waals surface area contributed by atoms with E-state index in [-0.39, 0.29) is 11.4 Å². The van der Waals surface area contributed by atoms with Crippen molar-refractivity contribution >= 4 is 17.7 Å². The Morgan fingerprint density at radius 1 is 1.40 bits per heavy atom. The van der Waals surface area contributed by atoms with Crippen molar-refractivity contribution in [3.63, 3.8) is 0 Å². The monoisotopic (exact) mass is 293 g/mol. The van der Waals surface area contributed by atoms with Crippen molar-refractivity contribution in [2.45, 2.75) is 10.8 Å². The summed E-state index contributed by atoms with van der Waals surface area (Å²) in [5, 5.41) is 9.40. The predicted octanol–water partition coefficient (Wildman–Crippen LogP) is 3.22. The molecule has 0 aliphatic rings. The normalized spacial score (nSPS) is 10.3. The van der Waals surface area contributed by atoms with Gasteiger partial charge in [-0.3, -0.25) is 0 Å². The van der Waals surface area contributed by atoms with E-state index in [4.69, 9.17) is 9.84 Å². The quantitative estimate of drug-likeness (QED) is 0.858. The Bertz CT molecular complexity index is 616. The van der Waals surface area contributed by atoms with E-state index in [1.54, 1.807) is 18.2 Å². The van der Waals surface area contributed by atoms with Crippen molar-refractivity contribution in [1.82, 2.24) is 4.98 Å². The molecule has 0 fully saturated rings. The summed E-state index contributed by atoms with van der Waals surface area (Å²) in [5.74, 6) is -0.468. The molecule has 0 aliphatic heterocycles. The van der Waals surface area contributed by atoms with Gasteiger partial charge in [-0.15, -0.1) is 11.8 Å². The SMILES string of the molecule is COc1ccc(CSc2ccc(C(=O)O)cn2)c(F)c1. The first-order valence-electron chi connectivity index (χ1n) is 5.74. The molecule has 2 rings (SSSR count). The minimum atomic E-state index is -1.02. The molecule has 0 amide bonds. The zero-order valence-corrected chi connectivity index (χ0v) is 11.5. The molecule has 6 heteroatoms. The number of carboxylic acids is 1. The molecule has 20 heavy (non-hydrogen) atoms. The summed E-state index contributed by atoms with van der Waals surface area (Å²) in [7, 11) is 1.48. The third kappa shape index (κ3) is 3.48. The molecule has 0 saturated heterocycles. The van der Waals surface area contributed by atoms with Crippen LogP contribution in [0.2, 0.25) is 0 Å². The van der Waals surface area contributed by atoms with Gasteiger partial charge in [-0.2, -0.15) is 0 Å². The second-order valence-corrected chi connectivity index (χ2v) is 4.93. The number of thioether (sulfide) groups is 1. The number of ether oxygens (including phenoxy) is 1. The molecule has 2 aromatic rings. The van der Waals surface area contributed by atoms with Crippen LogP contribution in [0, 0.1) is 5.82 Å². The van der Waals surface area contributed by atoms with Gasteiger partial charge in [-0.25, -0.2) is 14.2 Å². The second kappa shape index (κ2) is 6.38. The van der Waals surface area contributed by atoms with Crippen LogP contribution in [0.25, 0.3) is 0 Å². The number of halogens is 1. The predicted molar refractivity (Wildman–Crippen MR) is 73.7 cm³/mol. The summed E-state index contributed by atoms with van der Waals surface area (Å²) in [4.78, 5) is 14.7. The Labute approximate surface area is 119 Å². The highest BCUT2D eigenvalue weighted by molar-refractivity contribution is 7.98. The van der Waals surface area contributed by atoms with Crippen LogP contribution in [-0.4, -0.2) is 23.2 Å². The minimum Gasteiger partial charge on any atom is -0.497 e. The lowest BCUT2D eigenvalue weighted by Gasteiger charge is -2.05. The van der Waals surface area contributed by atoms with E-state index in [1.165, 1.54) is 37.2 Å². The second-order valence-electron chi connectivity index (χ2n) is 3.94. The molecule has 0 aliphatic carbocycles. The van der Waals surface area contributed by atoms with Gasteiger partial charge in [0.1, 0.15) is 11.6 Å². The summed E-state index contributed by atoms with van der Waals surface area (Å²) >= 11 is 1.34. The van der Waals surface area contributed by atoms with E-state index >= 15 is 0 Å². The number of carboxylic acid groups (broad SMARTS) is 1. The largest absolute Gasteiger partial charge is 0.497 e. The van der Waals surface area contributed by atoms with Crippen molar-refractivity contribution < 1.29 is 19.0 Å². The van der Waals surface area contributed by atoms with Gasteiger partial charge in [0, 0.05) is 18.0 Å². The first-order chi connectivity index (χ1) is 9.60. The molecule has 1 N–H and O–H groups in total. The van der Waals surface area contributed by atoms with Crippen LogP contribution >= 0.6 is 11.8 Å². The Morgan fingerprint density at radius 2 is 2.20 bits per heavy atom. The number of hydrogen-bond acceptors (Lipinski definition) is 4. The summed E-state index contributed by atoms with van der Waals surface area (Å²) in [6.07, 6.45) is 1.29. The van der Waals surface area contributed by atoms with Crippen molar-refractivity contribution in [2.24, 2.45) is 0 Å². The molecule has 4 nitrogen and oxygen atoms in total. The van der Waals surface area contributed by atoms with E-state index in [1.807, 2.05) is 0 Å². The maximum Gasteiger partial charge on any atom is 0.337 e. The van der Waals surface area contributed by atoms with Crippen LogP contribution < -0.4 is 4.74 Å². The maximum absolute atomic E-state index is 13.7. The average Bonchev–Trinajstić information content (AvgIpc) is 2.46. The van der Waals surface area contributed by atoms with Crippen LogP contribution in [0.5, 0.6) is 5.75 Å². The van der Waals surface area contributed by atoms with E-state index in [2.05, 4.69) is 4.98 Å². The number of pyridine rings is 1. The molecule has 1 aromatic heterocycles. The number of benzene rings is 1. The fraction of sp³-hybridized carbons (Fsp3) is 0.143. The number of carbonyl (C=O) groups is 1. The van der Waals surface area contributed by atoms with Crippen molar-refractivity contribution in [3.8, 4) is 5.75 Å². The molecule has 0 radical (unpaired) electrons. The molecular weight excluding hydrogens is 281 g/mol. The molecule has 0 saturated carbocycles. The molecule has 0 bridgehead atoms. The van der Waals surface area contributed by atoms with Gasteiger partial charge in [-0.05, 0) is 23.8 Å². The van der Waals surface area contributed by atoms with Crippen molar-refractivity contribution in [3.05, 3.63) is 53.5 Å². The zero-order valence-electron chi connectivity index (χ0n) is 10.7. The molecule has 0 atom stereocenters. The van der Waals surface area contributed by atoms with Crippen LogP contribution in [0.3, 0.4) is 0 Å².